The van der Waals surface area contributed by atoms with E-state index in [1.54, 1.807) is 24.3 Å². The zero-order valence-electron chi connectivity index (χ0n) is 7.10. The maximum atomic E-state index is 11.5. The summed E-state index contributed by atoms with van der Waals surface area (Å²) in [4.78, 5) is 0. The second kappa shape index (κ2) is 3.03. The topological polar surface area (TPSA) is 37.4 Å². The van der Waals surface area contributed by atoms with Crippen LogP contribution in [-0.2, 0) is 10.0 Å². The van der Waals surface area contributed by atoms with Crippen molar-refractivity contribution >= 4 is 15.7 Å². The third-order valence-electron chi connectivity index (χ3n) is 2.08. The molecule has 0 aliphatic carbocycles. The second-order valence-corrected chi connectivity index (χ2v) is 5.02. The van der Waals surface area contributed by atoms with Crippen LogP contribution in [0.25, 0.3) is 0 Å². The van der Waals surface area contributed by atoms with Crippen LogP contribution in [0.4, 0.5) is 5.69 Å². The molecule has 0 atom stereocenters. The third kappa shape index (κ3) is 1.54. The van der Waals surface area contributed by atoms with Crippen LogP contribution in [-0.4, -0.2) is 20.7 Å². The van der Waals surface area contributed by atoms with Crippen molar-refractivity contribution in [2.75, 3.05) is 16.6 Å². The molecular weight excluding hydrogens is 186 g/mol. The highest BCUT2D eigenvalue weighted by atomic mass is 32.2. The van der Waals surface area contributed by atoms with Gasteiger partial charge < -0.3 is 0 Å². The van der Waals surface area contributed by atoms with Crippen molar-refractivity contribution < 1.29 is 8.42 Å². The van der Waals surface area contributed by atoms with E-state index < -0.39 is 10.0 Å². The first-order valence-electron chi connectivity index (χ1n) is 4.17. The lowest BCUT2D eigenvalue weighted by molar-refractivity contribution is 0.599. The molecule has 0 amide bonds. The molecule has 13 heavy (non-hydrogen) atoms. The van der Waals surface area contributed by atoms with Gasteiger partial charge in [-0.2, -0.15) is 0 Å². The van der Waals surface area contributed by atoms with E-state index in [2.05, 4.69) is 6.07 Å². The predicted molar refractivity (Wildman–Crippen MR) is 51.0 cm³/mol. The maximum absolute atomic E-state index is 11.5. The largest absolute Gasteiger partial charge is 0.270 e. The van der Waals surface area contributed by atoms with Gasteiger partial charge in [0.15, 0.2) is 0 Å². The molecule has 1 aliphatic rings. The van der Waals surface area contributed by atoms with Gasteiger partial charge in [0.25, 0.3) is 0 Å². The monoisotopic (exact) mass is 196 g/mol. The average molecular weight is 196 g/mol. The van der Waals surface area contributed by atoms with Gasteiger partial charge in [0.1, 0.15) is 0 Å². The van der Waals surface area contributed by atoms with Gasteiger partial charge in [-0.05, 0) is 24.6 Å². The van der Waals surface area contributed by atoms with Crippen LogP contribution >= 0.6 is 0 Å². The van der Waals surface area contributed by atoms with Crippen molar-refractivity contribution in [3.05, 3.63) is 30.3 Å². The maximum Gasteiger partial charge on any atom is 0.235 e. The molecule has 2 rings (SSSR count). The Morgan fingerprint density at radius 1 is 1.46 bits per heavy atom. The van der Waals surface area contributed by atoms with Gasteiger partial charge in [-0.1, -0.05) is 12.1 Å². The molecule has 0 spiro atoms. The highest BCUT2D eigenvalue weighted by molar-refractivity contribution is 7.93. The zero-order chi connectivity index (χ0) is 9.31. The summed E-state index contributed by atoms with van der Waals surface area (Å²) >= 11 is 0. The Bertz CT molecular complexity index is 385. The second-order valence-electron chi connectivity index (χ2n) is 3.00. The Kier molecular flexibility index (Phi) is 2.00. The molecule has 0 N–H and O–H groups in total. The van der Waals surface area contributed by atoms with Gasteiger partial charge in [0, 0.05) is 6.54 Å². The zero-order valence-corrected chi connectivity index (χ0v) is 7.92. The Morgan fingerprint density at radius 3 is 2.85 bits per heavy atom. The molecular formula is C9H10NO2S. The molecule has 3 nitrogen and oxygen atoms in total. The summed E-state index contributed by atoms with van der Waals surface area (Å²) < 4.78 is 24.4. The van der Waals surface area contributed by atoms with E-state index in [-0.39, 0.29) is 5.75 Å². The van der Waals surface area contributed by atoms with Crippen LogP contribution in [0.1, 0.15) is 6.42 Å². The molecule has 1 aromatic rings. The van der Waals surface area contributed by atoms with E-state index in [0.29, 0.717) is 6.54 Å². The minimum Gasteiger partial charge on any atom is -0.270 e. The first kappa shape index (κ1) is 8.56. The van der Waals surface area contributed by atoms with E-state index >= 15 is 0 Å². The van der Waals surface area contributed by atoms with E-state index in [0.717, 1.165) is 12.1 Å². The Morgan fingerprint density at radius 2 is 2.31 bits per heavy atom. The number of nitrogens with zero attached hydrogens (tertiary/aromatic N) is 1. The summed E-state index contributed by atoms with van der Waals surface area (Å²) in [6.45, 7) is 0.597. The van der Waals surface area contributed by atoms with Gasteiger partial charge in [-0.15, -0.1) is 0 Å². The van der Waals surface area contributed by atoms with Crippen molar-refractivity contribution in [3.8, 4) is 0 Å². The number of sulfonamides is 1. The lowest BCUT2D eigenvalue weighted by Gasteiger charge is -2.15. The molecule has 69 valence electrons. The SMILES string of the molecule is O=S1(=O)CCCN1c1c[c]ccc1. The Hall–Kier alpha value is -1.03. The van der Waals surface area contributed by atoms with Crippen LogP contribution in [0.15, 0.2) is 24.3 Å². The number of hydrogen-bond donors (Lipinski definition) is 0. The van der Waals surface area contributed by atoms with E-state index in [9.17, 15) is 8.42 Å². The number of anilines is 1. The normalized spacial score (nSPS) is 20.5. The molecule has 1 heterocycles. The summed E-state index contributed by atoms with van der Waals surface area (Å²) in [5, 5.41) is 0. The molecule has 0 aromatic heterocycles. The Labute approximate surface area is 78.0 Å². The highest BCUT2D eigenvalue weighted by Crippen LogP contribution is 2.22. The predicted octanol–water partition coefficient (Wildman–Crippen LogP) is 1.03. The molecule has 0 saturated carbocycles. The van der Waals surface area contributed by atoms with Crippen LogP contribution in [0.3, 0.4) is 0 Å². The van der Waals surface area contributed by atoms with Crippen molar-refractivity contribution in [1.29, 1.82) is 0 Å². The van der Waals surface area contributed by atoms with E-state index in [1.165, 1.54) is 4.31 Å². The standard InChI is InChI=1S/C9H10NO2S/c11-13(12)8-4-7-10(13)9-5-2-1-3-6-9/h1-2,5-6H,4,7-8H2. The molecule has 1 fully saturated rings. The lowest BCUT2D eigenvalue weighted by atomic mass is 10.3. The van der Waals surface area contributed by atoms with Gasteiger partial charge >= 0.3 is 0 Å². The van der Waals surface area contributed by atoms with Crippen molar-refractivity contribution in [2.24, 2.45) is 0 Å². The van der Waals surface area contributed by atoms with E-state index in [1.807, 2.05) is 0 Å². The first-order valence-corrected chi connectivity index (χ1v) is 5.77. The lowest BCUT2D eigenvalue weighted by Crippen LogP contribution is -2.24. The summed E-state index contributed by atoms with van der Waals surface area (Å²) in [5.74, 6) is 0.266. The molecule has 1 aromatic carbocycles. The van der Waals surface area contributed by atoms with Crippen LogP contribution < -0.4 is 4.31 Å². The minimum atomic E-state index is -3.03. The van der Waals surface area contributed by atoms with E-state index in [4.69, 9.17) is 0 Å². The summed E-state index contributed by atoms with van der Waals surface area (Å²) in [7, 11) is -3.03. The molecule has 1 aliphatic heterocycles. The summed E-state index contributed by atoms with van der Waals surface area (Å²) in [6.07, 6.45) is 0.719. The summed E-state index contributed by atoms with van der Waals surface area (Å²) in [5.41, 5.74) is 0.722. The van der Waals surface area contributed by atoms with Gasteiger partial charge in [-0.3, -0.25) is 4.31 Å². The number of benzene rings is 1. The smallest absolute Gasteiger partial charge is 0.235 e. The molecule has 0 unspecified atom stereocenters. The molecule has 1 saturated heterocycles. The first-order chi connectivity index (χ1) is 6.20. The fourth-order valence-corrected chi connectivity index (χ4v) is 3.02. The van der Waals surface area contributed by atoms with Gasteiger partial charge in [0.05, 0.1) is 11.4 Å². The minimum absolute atomic E-state index is 0.266. The van der Waals surface area contributed by atoms with Crippen molar-refractivity contribution in [3.63, 3.8) is 0 Å². The third-order valence-corrected chi connectivity index (χ3v) is 3.95. The van der Waals surface area contributed by atoms with Gasteiger partial charge in [0.2, 0.25) is 10.0 Å². The fraction of sp³-hybridized carbons (Fsp3) is 0.333. The summed E-state index contributed by atoms with van der Waals surface area (Å²) in [6, 6.07) is 9.91. The van der Waals surface area contributed by atoms with Gasteiger partial charge in [-0.25, -0.2) is 8.42 Å². The molecule has 4 heteroatoms. The van der Waals surface area contributed by atoms with Crippen LogP contribution in [0, 0.1) is 6.07 Å². The fourth-order valence-electron chi connectivity index (χ4n) is 1.47. The quantitative estimate of drug-likeness (QED) is 0.672. The molecule has 1 radical (unpaired) electrons. The number of rotatable bonds is 1. The van der Waals surface area contributed by atoms with Crippen molar-refractivity contribution in [1.82, 2.24) is 0 Å². The van der Waals surface area contributed by atoms with Crippen LogP contribution in [0.2, 0.25) is 0 Å². The average Bonchev–Trinajstić information content (AvgIpc) is 2.47. The Balaban J connectivity index is 2.38. The molecule has 0 bridgehead atoms. The van der Waals surface area contributed by atoms with Crippen LogP contribution in [0.5, 0.6) is 0 Å². The number of hydrogen-bond acceptors (Lipinski definition) is 2. The van der Waals surface area contributed by atoms with Crippen molar-refractivity contribution in [2.45, 2.75) is 6.42 Å². The highest BCUT2D eigenvalue weighted by Gasteiger charge is 2.27.